The van der Waals surface area contributed by atoms with Crippen LogP contribution < -0.4 is 0 Å². The lowest BCUT2D eigenvalue weighted by Gasteiger charge is -2.12. The largest absolute Gasteiger partial charge is 0.463 e. The van der Waals surface area contributed by atoms with Crippen molar-refractivity contribution in [1.82, 2.24) is 0 Å². The van der Waals surface area contributed by atoms with Crippen molar-refractivity contribution in [2.24, 2.45) is 0 Å². The van der Waals surface area contributed by atoms with Crippen LogP contribution in [0.4, 0.5) is 0 Å². The second-order valence-corrected chi connectivity index (χ2v) is 12.3. The monoisotopic (exact) mass is 629 g/mol. The first-order valence-corrected chi connectivity index (χ1v) is 18.9. The molecule has 0 saturated heterocycles. The van der Waals surface area contributed by atoms with Crippen LogP contribution in [0.2, 0.25) is 0 Å². The van der Waals surface area contributed by atoms with Gasteiger partial charge in [-0.2, -0.15) is 0 Å². The van der Waals surface area contributed by atoms with Crippen molar-refractivity contribution in [1.29, 1.82) is 0 Å². The average Bonchev–Trinajstić information content (AvgIpc) is 3.04. The maximum absolute atomic E-state index is 11.9. The van der Waals surface area contributed by atoms with E-state index in [9.17, 15) is 9.90 Å². The Hall–Kier alpha value is -1.91. The lowest BCUT2D eigenvalue weighted by Crippen LogP contribution is -2.24. The minimum absolute atomic E-state index is 0.0200. The van der Waals surface area contributed by atoms with E-state index >= 15 is 0 Å². The molecule has 0 aliphatic heterocycles. The van der Waals surface area contributed by atoms with Gasteiger partial charge in [0, 0.05) is 13.0 Å². The third-order valence-electron chi connectivity index (χ3n) is 7.76. The molecule has 0 rings (SSSR count). The topological polar surface area (TPSA) is 55.8 Å². The first kappa shape index (κ1) is 43.1. The van der Waals surface area contributed by atoms with Crippen LogP contribution >= 0.6 is 0 Å². The van der Waals surface area contributed by atoms with Crippen molar-refractivity contribution in [3.8, 4) is 0 Å². The lowest BCUT2D eigenvalue weighted by molar-refractivity contribution is -0.147. The summed E-state index contributed by atoms with van der Waals surface area (Å²) >= 11 is 0. The van der Waals surface area contributed by atoms with Crippen LogP contribution in [0, 0.1) is 0 Å². The van der Waals surface area contributed by atoms with Crippen molar-refractivity contribution < 1.29 is 19.4 Å². The Kier molecular flexibility index (Phi) is 36.6. The zero-order valence-corrected chi connectivity index (χ0v) is 29.6. The van der Waals surface area contributed by atoms with E-state index in [1.807, 2.05) is 0 Å². The van der Waals surface area contributed by atoms with E-state index < -0.39 is 6.10 Å². The van der Waals surface area contributed by atoms with E-state index in [0.717, 1.165) is 57.8 Å². The number of ether oxygens (including phenoxy) is 2. The van der Waals surface area contributed by atoms with Gasteiger partial charge in [-0.3, -0.25) is 4.79 Å². The average molecular weight is 629 g/mol. The molecule has 0 heterocycles. The number of rotatable bonds is 34. The number of unbranched alkanes of at least 4 members (excludes halogenated alkanes) is 16. The van der Waals surface area contributed by atoms with E-state index in [1.165, 1.54) is 89.9 Å². The fraction of sp³-hybridized carbons (Fsp3) is 0.732. The number of esters is 1. The molecule has 1 atom stereocenters. The fourth-order valence-electron chi connectivity index (χ4n) is 4.90. The molecule has 0 amide bonds. The molecule has 4 nitrogen and oxygen atoms in total. The first-order chi connectivity index (χ1) is 22.2. The van der Waals surface area contributed by atoms with Gasteiger partial charge in [-0.05, 0) is 83.5 Å². The highest BCUT2D eigenvalue weighted by Crippen LogP contribution is 2.10. The summed E-state index contributed by atoms with van der Waals surface area (Å²) in [6.07, 6.45) is 49.6. The van der Waals surface area contributed by atoms with Gasteiger partial charge in [0.25, 0.3) is 0 Å². The van der Waals surface area contributed by atoms with Crippen molar-refractivity contribution >= 4 is 5.97 Å². The second kappa shape index (κ2) is 38.3. The van der Waals surface area contributed by atoms with Crippen LogP contribution in [0.3, 0.4) is 0 Å². The van der Waals surface area contributed by atoms with Crippen LogP contribution in [-0.4, -0.2) is 37.0 Å². The van der Waals surface area contributed by atoms with Crippen LogP contribution in [-0.2, 0) is 14.3 Å². The third-order valence-corrected chi connectivity index (χ3v) is 7.76. The standard InChI is InChI=1S/C41H72O4/c1-3-5-7-9-11-13-15-17-19-20-21-23-25-27-29-31-33-35-37-44-38-40(42)39-45-41(43)36-34-32-30-28-26-24-22-18-16-14-12-10-8-6-4-2/h11,13,17-19,21-23,27,29,40,42H,3-10,12,14-16,20,24-26,28,30-39H2,1-2H3/b13-11-,19-17-,22-18-,23-21-,29-27-. The second-order valence-electron chi connectivity index (χ2n) is 12.3. The normalized spacial score (nSPS) is 13.0. The van der Waals surface area contributed by atoms with Gasteiger partial charge in [0.05, 0.1) is 6.61 Å². The van der Waals surface area contributed by atoms with Crippen LogP contribution in [0.25, 0.3) is 0 Å². The molecule has 0 aromatic carbocycles. The maximum Gasteiger partial charge on any atom is 0.305 e. The molecule has 0 aromatic heterocycles. The lowest BCUT2D eigenvalue weighted by atomic mass is 10.1. The Morgan fingerprint density at radius 1 is 0.511 bits per heavy atom. The Labute approximate surface area is 279 Å². The zero-order chi connectivity index (χ0) is 32.7. The smallest absolute Gasteiger partial charge is 0.305 e. The van der Waals surface area contributed by atoms with E-state index in [0.29, 0.717) is 13.0 Å². The van der Waals surface area contributed by atoms with Gasteiger partial charge in [-0.1, -0.05) is 139 Å². The molecule has 0 aliphatic carbocycles. The van der Waals surface area contributed by atoms with Gasteiger partial charge in [0.2, 0.25) is 0 Å². The highest BCUT2D eigenvalue weighted by molar-refractivity contribution is 5.69. The Morgan fingerprint density at radius 2 is 0.911 bits per heavy atom. The zero-order valence-electron chi connectivity index (χ0n) is 29.6. The summed E-state index contributed by atoms with van der Waals surface area (Å²) < 4.78 is 10.8. The molecule has 0 radical (unpaired) electrons. The highest BCUT2D eigenvalue weighted by Gasteiger charge is 2.09. The van der Waals surface area contributed by atoms with Crippen molar-refractivity contribution in [3.05, 3.63) is 60.8 Å². The molecule has 0 saturated carbocycles. The molecule has 1 N–H and O–H groups in total. The predicted octanol–water partition coefficient (Wildman–Crippen LogP) is 12.1. The Balaban J connectivity index is 3.45. The summed E-state index contributed by atoms with van der Waals surface area (Å²) in [5.41, 5.74) is 0. The van der Waals surface area contributed by atoms with Crippen molar-refractivity contribution in [2.45, 2.75) is 174 Å². The Morgan fingerprint density at radius 3 is 1.47 bits per heavy atom. The number of carbonyl (C=O) groups is 1. The van der Waals surface area contributed by atoms with Gasteiger partial charge in [0.1, 0.15) is 12.7 Å². The highest BCUT2D eigenvalue weighted by atomic mass is 16.5. The molecule has 0 spiro atoms. The molecular formula is C41H72O4. The first-order valence-electron chi connectivity index (χ1n) is 18.9. The van der Waals surface area contributed by atoms with Crippen molar-refractivity contribution in [3.63, 3.8) is 0 Å². The van der Waals surface area contributed by atoms with Crippen LogP contribution in [0.5, 0.6) is 0 Å². The van der Waals surface area contributed by atoms with Crippen molar-refractivity contribution in [2.75, 3.05) is 19.8 Å². The van der Waals surface area contributed by atoms with Gasteiger partial charge < -0.3 is 14.6 Å². The molecule has 45 heavy (non-hydrogen) atoms. The Bertz CT molecular complexity index is 749. The molecule has 0 aliphatic rings. The van der Waals surface area contributed by atoms with Gasteiger partial charge in [0.15, 0.2) is 0 Å². The summed E-state index contributed by atoms with van der Waals surface area (Å²) in [7, 11) is 0. The summed E-state index contributed by atoms with van der Waals surface area (Å²) in [6, 6.07) is 0. The number of hydrogen-bond acceptors (Lipinski definition) is 4. The molecule has 260 valence electrons. The number of aliphatic hydroxyl groups is 1. The summed E-state index contributed by atoms with van der Waals surface area (Å²) in [4.78, 5) is 11.9. The maximum atomic E-state index is 11.9. The van der Waals surface area contributed by atoms with Crippen LogP contribution in [0.15, 0.2) is 60.8 Å². The molecule has 0 fully saturated rings. The number of carbonyl (C=O) groups excluding carboxylic acids is 1. The molecule has 0 bridgehead atoms. The predicted molar refractivity (Wildman–Crippen MR) is 196 cm³/mol. The molecule has 0 aromatic rings. The van der Waals surface area contributed by atoms with E-state index in [2.05, 4.69) is 74.6 Å². The van der Waals surface area contributed by atoms with Gasteiger partial charge in [-0.25, -0.2) is 0 Å². The molecule has 1 unspecified atom stereocenters. The summed E-state index contributed by atoms with van der Waals surface area (Å²) in [5.74, 6) is -0.217. The SMILES string of the molecule is CCCCC/C=C\C/C=C\C/C=C\C/C=C\CCCCOCC(O)COC(=O)CCCCCCC/C=C\CCCCCCCC. The minimum Gasteiger partial charge on any atom is -0.463 e. The quantitative estimate of drug-likeness (QED) is 0.0437. The van der Waals surface area contributed by atoms with E-state index in [-0.39, 0.29) is 19.2 Å². The van der Waals surface area contributed by atoms with Crippen LogP contribution in [0.1, 0.15) is 168 Å². The van der Waals surface area contributed by atoms with Gasteiger partial charge >= 0.3 is 5.97 Å². The number of hydrogen-bond donors (Lipinski definition) is 1. The summed E-state index contributed by atoms with van der Waals surface area (Å²) in [5, 5.41) is 10.0. The number of aliphatic hydroxyl groups excluding tert-OH is 1. The van der Waals surface area contributed by atoms with E-state index in [4.69, 9.17) is 9.47 Å². The fourth-order valence-corrected chi connectivity index (χ4v) is 4.90. The minimum atomic E-state index is -0.753. The molecular weight excluding hydrogens is 556 g/mol. The number of allylic oxidation sites excluding steroid dienone is 10. The summed E-state index contributed by atoms with van der Waals surface area (Å²) in [6.45, 7) is 5.36. The van der Waals surface area contributed by atoms with Gasteiger partial charge in [-0.15, -0.1) is 0 Å². The third kappa shape index (κ3) is 38.2. The molecule has 4 heteroatoms. The van der Waals surface area contributed by atoms with E-state index in [1.54, 1.807) is 0 Å².